The van der Waals surface area contributed by atoms with Gasteiger partial charge in [-0.15, -0.1) is 0 Å². The number of Topliss-reactive ketones (excluding diaryl/α,β-unsaturated/α-hetero) is 1. The predicted octanol–water partition coefficient (Wildman–Crippen LogP) is 6.77. The Morgan fingerprint density at radius 3 is 2.22 bits per heavy atom. The Morgan fingerprint density at radius 2 is 1.62 bits per heavy atom. The third-order valence-electron chi connectivity index (χ3n) is 6.29. The summed E-state index contributed by atoms with van der Waals surface area (Å²) in [5.74, 6) is 2.38. The van der Waals surface area contributed by atoms with E-state index in [0.29, 0.717) is 26.9 Å². The maximum absolute atomic E-state index is 12.9. The molecule has 0 saturated carbocycles. The van der Waals surface area contributed by atoms with E-state index in [1.807, 2.05) is 12.1 Å². The Labute approximate surface area is 222 Å². The molecule has 1 atom stereocenters. The van der Waals surface area contributed by atoms with Crippen molar-refractivity contribution in [1.82, 2.24) is 4.90 Å². The average Bonchev–Trinajstić information content (AvgIpc) is 3.09. The first-order valence-corrected chi connectivity index (χ1v) is 19.6. The van der Waals surface area contributed by atoms with Gasteiger partial charge in [-0.1, -0.05) is 37.8 Å². The van der Waals surface area contributed by atoms with E-state index in [-0.39, 0.29) is 19.1 Å². The van der Waals surface area contributed by atoms with Crippen LogP contribution in [-0.4, -0.2) is 38.0 Å². The number of piperidine rings is 1. The summed E-state index contributed by atoms with van der Waals surface area (Å²) in [6, 6.07) is 14.5. The molecule has 0 radical (unpaired) electrons. The van der Waals surface area contributed by atoms with Crippen LogP contribution in [0.25, 0.3) is 0 Å². The second-order valence-corrected chi connectivity index (χ2v) is 19.9. The molecule has 1 aliphatic heterocycles. The number of fused-ring (bicyclic) bond motifs is 1. The van der Waals surface area contributed by atoms with Gasteiger partial charge in [0.15, 0.2) is 17.3 Å². The average molecular weight is 700 g/mol. The molecule has 175 valence electrons. The molecule has 0 spiro atoms. The van der Waals surface area contributed by atoms with Gasteiger partial charge in [0.2, 0.25) is 0 Å². The van der Waals surface area contributed by atoms with Crippen LogP contribution < -0.4 is 9.47 Å². The number of benzene rings is 2. The van der Waals surface area contributed by atoms with E-state index in [2.05, 4.69) is 75.2 Å². The summed E-state index contributed by atoms with van der Waals surface area (Å²) >= 11 is 4.74. The third kappa shape index (κ3) is 7.36. The van der Waals surface area contributed by atoms with E-state index in [4.69, 9.17) is 9.47 Å². The fourth-order valence-electron chi connectivity index (χ4n) is 4.71. The molecule has 0 aromatic heterocycles. The van der Waals surface area contributed by atoms with E-state index in [1.54, 1.807) is 14.2 Å². The van der Waals surface area contributed by atoms with E-state index in [1.165, 1.54) is 18.4 Å². The van der Waals surface area contributed by atoms with Gasteiger partial charge in [0, 0.05) is 18.0 Å². The summed E-state index contributed by atoms with van der Waals surface area (Å²) in [5, 5.41) is 0. The van der Waals surface area contributed by atoms with Crippen molar-refractivity contribution in [3.8, 4) is 11.5 Å². The van der Waals surface area contributed by atoms with Crippen molar-refractivity contribution in [3.05, 3.63) is 59.2 Å². The first-order chi connectivity index (χ1) is 15.1. The zero-order chi connectivity index (χ0) is 22.2. The van der Waals surface area contributed by atoms with Gasteiger partial charge < -0.3 is 9.47 Å². The number of methoxy groups -OCH3 is 2. The van der Waals surface area contributed by atoms with E-state index in [0.717, 1.165) is 43.6 Å². The molecule has 4 rings (SSSR count). The van der Waals surface area contributed by atoms with E-state index < -0.39 is 0 Å². The van der Waals surface area contributed by atoms with Crippen LogP contribution in [0.3, 0.4) is 0 Å². The van der Waals surface area contributed by atoms with Gasteiger partial charge in [0.1, 0.15) is 0 Å². The van der Waals surface area contributed by atoms with Crippen LogP contribution in [0.15, 0.2) is 42.5 Å². The Hall–Kier alpha value is -0.286. The maximum atomic E-state index is 12.9. The molecule has 1 unspecified atom stereocenters. The molecule has 32 heavy (non-hydrogen) atoms. The van der Waals surface area contributed by atoms with Crippen molar-refractivity contribution < 1.29 is 23.7 Å². The topological polar surface area (TPSA) is 38.8 Å². The number of halogens is 2. The molecule has 1 heterocycles. The van der Waals surface area contributed by atoms with Crippen molar-refractivity contribution in [1.29, 1.82) is 0 Å². The van der Waals surface area contributed by atoms with Crippen LogP contribution in [-0.2, 0) is 22.4 Å². The first-order valence-electron chi connectivity index (χ1n) is 10.6. The van der Waals surface area contributed by atoms with Gasteiger partial charge in [-0.25, -0.2) is 0 Å². The summed E-state index contributed by atoms with van der Waals surface area (Å²) in [6.45, 7) is 3.27. The third-order valence-corrected chi connectivity index (χ3v) is 6.29. The minimum atomic E-state index is 0. The van der Waals surface area contributed by atoms with Crippen LogP contribution in [0.2, 0.25) is 0 Å². The molecular weight excluding hydrogens is 667 g/mol. The van der Waals surface area contributed by atoms with Crippen molar-refractivity contribution in [2.75, 3.05) is 27.3 Å². The van der Waals surface area contributed by atoms with Crippen molar-refractivity contribution in [2.24, 2.45) is 11.8 Å². The van der Waals surface area contributed by atoms with Gasteiger partial charge in [-0.3, -0.25) is 9.69 Å². The van der Waals surface area contributed by atoms with Gasteiger partial charge in [-0.05, 0) is 68.0 Å². The zero-order valence-electron chi connectivity index (χ0n) is 18.0. The Morgan fingerprint density at radius 1 is 1.03 bits per heavy atom. The Bertz CT molecular complexity index is 858. The number of ether oxygens (including phenoxy) is 2. The molecule has 0 amide bonds. The molecule has 7 heteroatoms. The molecule has 1 saturated heterocycles. The monoisotopic (exact) mass is 700 g/mol. The van der Waals surface area contributed by atoms with Gasteiger partial charge in [0.05, 0.1) is 14.2 Å². The molecule has 2 aliphatic rings. The second-order valence-electron chi connectivity index (χ2n) is 8.13. The minimum absolute atomic E-state index is 0. The summed E-state index contributed by atoms with van der Waals surface area (Å²) in [7, 11) is 3.88. The van der Waals surface area contributed by atoms with Gasteiger partial charge in [-0.2, -0.15) is 0 Å². The van der Waals surface area contributed by atoms with Crippen LogP contribution in [0.5, 0.6) is 11.5 Å². The van der Waals surface area contributed by atoms with Gasteiger partial charge in [0.25, 0.3) is 0 Å². The van der Waals surface area contributed by atoms with Crippen molar-refractivity contribution in [3.63, 3.8) is 0 Å². The molecule has 2 aromatic rings. The number of hydrogen-bond acceptors (Lipinski definition) is 4. The van der Waals surface area contributed by atoms with E-state index >= 15 is 0 Å². The number of carbonyl (C=O) groups excluding carboxylic acids is 1. The number of rotatable bonds is 6. The fourth-order valence-corrected chi connectivity index (χ4v) is 4.71. The Balaban J connectivity index is 0.000000860. The molecule has 0 bridgehead atoms. The Kier molecular flexibility index (Phi) is 12.4. The van der Waals surface area contributed by atoms with Crippen LogP contribution in [0.1, 0.15) is 48.2 Å². The number of likely N-dealkylation sites (tertiary alicyclic amines) is 1. The molecule has 1 fully saturated rings. The van der Waals surface area contributed by atoms with Crippen molar-refractivity contribution in [2.45, 2.75) is 39.7 Å². The summed E-state index contributed by atoms with van der Waals surface area (Å²) in [5.41, 5.74) is 3.31. The molecule has 4 nitrogen and oxygen atoms in total. The van der Waals surface area contributed by atoms with Crippen LogP contribution in [0.4, 0.5) is 0 Å². The molecule has 0 N–H and O–H groups in total. The zero-order valence-corrected chi connectivity index (χ0v) is 23.7. The van der Waals surface area contributed by atoms with E-state index in [9.17, 15) is 4.79 Å². The summed E-state index contributed by atoms with van der Waals surface area (Å²) in [6.07, 6.45) is 4.19. The summed E-state index contributed by atoms with van der Waals surface area (Å²) < 4.78 is 10.8. The number of nitrogens with zero attached hydrogens (tertiary/aromatic N) is 1. The standard InChI is InChI=1S/C24H29NO3.CH4.2HI.V/c1-27-22-14-19-13-20(24(26)21(19)15-23(22)28-2)12-17-8-10-25(11-9-17)16-18-6-4-3-5-7-18;;;;/h3-7,14-15,17,20H,8-13,16H2,1-2H3;1H4;2*1H;/q;;;;+2/p-2. The summed E-state index contributed by atoms with van der Waals surface area (Å²) in [4.78, 5) is 15.5. The second kappa shape index (κ2) is 14.2. The number of ketones is 1. The van der Waals surface area contributed by atoms with Crippen LogP contribution >= 0.6 is 40.0 Å². The normalized spacial score (nSPS) is 18.1. The molecule has 1 aliphatic carbocycles. The first kappa shape index (κ1) is 28.0. The number of hydrogen-bond donors (Lipinski definition) is 0. The fraction of sp³-hybridized carbons (Fsp3) is 0.480. The molecular formula is C25H33I2NO3V. The number of carbonyl (C=O) groups is 1. The van der Waals surface area contributed by atoms with Crippen LogP contribution in [0, 0.1) is 11.8 Å². The molecule has 2 aromatic carbocycles. The van der Waals surface area contributed by atoms with Gasteiger partial charge >= 0.3 is 49.4 Å². The SMILES string of the molecule is C.COc1cc2c(cc1OC)C(=O)C(CC1CCN(Cc3ccccc3)CC1)C2.[I][V][I]. The quantitative estimate of drug-likeness (QED) is 0.313. The predicted molar refractivity (Wildman–Crippen MR) is 145 cm³/mol. The van der Waals surface area contributed by atoms with Crippen molar-refractivity contribution >= 4 is 45.7 Å².